The van der Waals surface area contributed by atoms with Gasteiger partial charge >= 0.3 is 5.97 Å². The smallest absolute Gasteiger partial charge is 0.303 e. The van der Waals surface area contributed by atoms with E-state index in [0.29, 0.717) is 25.1 Å². The summed E-state index contributed by atoms with van der Waals surface area (Å²) in [7, 11) is 3.46. The van der Waals surface area contributed by atoms with Gasteiger partial charge < -0.3 is 20.8 Å². The van der Waals surface area contributed by atoms with Gasteiger partial charge in [0.25, 0.3) is 0 Å². The molecular weight excluding hydrogens is 476 g/mol. The van der Waals surface area contributed by atoms with Crippen molar-refractivity contribution in [1.82, 2.24) is 10.6 Å². The Morgan fingerprint density at radius 2 is 1.11 bits per heavy atom. The first-order valence-electron chi connectivity index (χ1n) is 12.3. The number of hydrogen-bond acceptors (Lipinski definition) is 4. The monoisotopic (exact) mass is 510 g/mol. The number of phenolic OH excluding ortho intramolecular Hbond substituents is 1. The normalized spacial score (nSPS) is 11.6. The van der Waals surface area contributed by atoms with E-state index in [2.05, 4.69) is 33.8 Å². The molecule has 0 aliphatic rings. The zero-order valence-electron chi connectivity index (χ0n) is 21.9. The van der Waals surface area contributed by atoms with Crippen LogP contribution < -0.4 is 10.6 Å². The van der Waals surface area contributed by atoms with Gasteiger partial charge in [-0.2, -0.15) is 0 Å². The Morgan fingerprint density at radius 1 is 0.711 bits per heavy atom. The number of rotatable bonds is 11. The lowest BCUT2D eigenvalue weighted by molar-refractivity contribution is -0.136. The molecule has 196 valence electrons. The highest BCUT2D eigenvalue weighted by molar-refractivity contribution is 6.00. The fourth-order valence-electron chi connectivity index (χ4n) is 3.91. The largest absolute Gasteiger partial charge is 0.508 e. The zero-order chi connectivity index (χ0) is 27.5. The summed E-state index contributed by atoms with van der Waals surface area (Å²) in [6.07, 6.45) is 1.85. The maximum Gasteiger partial charge on any atom is 0.303 e. The van der Waals surface area contributed by atoms with Gasteiger partial charge in [0.2, 0.25) is 0 Å². The first-order chi connectivity index (χ1) is 18.3. The summed E-state index contributed by atoms with van der Waals surface area (Å²) in [5, 5.41) is 24.9. The number of nitrogens with one attached hydrogen (secondary N) is 2. The molecule has 0 radical (unpaired) electrons. The third kappa shape index (κ3) is 8.48. The maximum absolute atomic E-state index is 10.8. The number of allylic oxidation sites excluding steroid dienone is 2. The maximum atomic E-state index is 10.8. The predicted molar refractivity (Wildman–Crippen MR) is 154 cm³/mol. The van der Waals surface area contributed by atoms with Gasteiger partial charge in [0.1, 0.15) is 17.4 Å². The molecule has 0 bridgehead atoms. The Balaban J connectivity index is 1.55. The number of amidine groups is 2. The fourth-order valence-corrected chi connectivity index (χ4v) is 3.91. The Labute approximate surface area is 224 Å². The summed E-state index contributed by atoms with van der Waals surface area (Å²) >= 11 is 0. The number of carboxylic acids is 1. The van der Waals surface area contributed by atoms with Crippen LogP contribution in [0.25, 0.3) is 0 Å². The Kier molecular flexibility index (Phi) is 10.00. The number of phenols is 1. The van der Waals surface area contributed by atoms with E-state index in [1.165, 1.54) is 0 Å². The minimum Gasteiger partial charge on any atom is -0.508 e. The lowest BCUT2D eigenvalue weighted by Crippen LogP contribution is -2.25. The molecule has 38 heavy (non-hydrogen) atoms. The van der Waals surface area contributed by atoms with E-state index < -0.39 is 5.97 Å². The Bertz CT molecular complexity index is 1320. The molecular formula is C31H34N4O3. The van der Waals surface area contributed by atoms with E-state index >= 15 is 0 Å². The van der Waals surface area contributed by atoms with Crippen molar-refractivity contribution in [2.24, 2.45) is 9.98 Å². The van der Waals surface area contributed by atoms with Crippen LogP contribution in [-0.4, -0.2) is 41.9 Å². The van der Waals surface area contributed by atoms with Crippen LogP contribution in [0.3, 0.4) is 0 Å². The van der Waals surface area contributed by atoms with E-state index in [-0.39, 0.29) is 12.2 Å². The number of aliphatic carboxylic acids is 1. The minimum atomic E-state index is -0.804. The average Bonchev–Trinajstić information content (AvgIpc) is 2.91. The summed E-state index contributed by atoms with van der Waals surface area (Å²) in [6.45, 7) is 8.28. The van der Waals surface area contributed by atoms with E-state index in [4.69, 9.17) is 5.11 Å². The summed E-state index contributed by atoms with van der Waals surface area (Å²) in [6, 6.07) is 22.9. The van der Waals surface area contributed by atoms with Gasteiger partial charge in [-0.3, -0.25) is 14.8 Å². The van der Waals surface area contributed by atoms with E-state index in [1.807, 2.05) is 60.7 Å². The van der Waals surface area contributed by atoms with Gasteiger partial charge in [0.05, 0.1) is 0 Å². The second kappa shape index (κ2) is 13.6. The molecule has 3 aromatic rings. The number of aryl methyl sites for hydroxylation is 1. The quantitative estimate of drug-likeness (QED) is 0.218. The lowest BCUT2D eigenvalue weighted by atomic mass is 10.1. The van der Waals surface area contributed by atoms with Crippen LogP contribution in [0, 0.1) is 0 Å². The van der Waals surface area contributed by atoms with Crippen LogP contribution in [0.4, 0.5) is 0 Å². The molecule has 0 amide bonds. The summed E-state index contributed by atoms with van der Waals surface area (Å²) in [5.74, 6) is 0.863. The molecule has 0 aliphatic carbocycles. The van der Waals surface area contributed by atoms with E-state index in [9.17, 15) is 9.90 Å². The molecule has 0 saturated carbocycles. The van der Waals surface area contributed by atoms with Crippen LogP contribution in [0.5, 0.6) is 5.75 Å². The van der Waals surface area contributed by atoms with Gasteiger partial charge in [0, 0.05) is 55.9 Å². The van der Waals surface area contributed by atoms with E-state index in [1.54, 1.807) is 26.2 Å². The van der Waals surface area contributed by atoms with Crippen molar-refractivity contribution in [3.8, 4) is 5.75 Å². The van der Waals surface area contributed by atoms with Crippen molar-refractivity contribution in [2.45, 2.75) is 25.7 Å². The second-order valence-corrected chi connectivity index (χ2v) is 8.91. The number of carbonyl (C=O) groups is 1. The summed E-state index contributed by atoms with van der Waals surface area (Å²) in [5.41, 5.74) is 6.56. The number of hydrogen-bond donors (Lipinski definition) is 4. The van der Waals surface area contributed by atoms with Crippen molar-refractivity contribution in [2.75, 3.05) is 14.1 Å². The van der Waals surface area contributed by atoms with E-state index in [0.717, 1.165) is 45.0 Å². The number of aliphatic imine (C=N–C) groups is 2. The van der Waals surface area contributed by atoms with Crippen LogP contribution in [0.2, 0.25) is 0 Å². The SMILES string of the molecule is C=C(Cc1ccc(C(=NC)NC(=C)Cc2ccc(O)cc2)cc1)NC(=NC)c1ccc(CCC(=O)O)cc1. The molecule has 7 nitrogen and oxygen atoms in total. The summed E-state index contributed by atoms with van der Waals surface area (Å²) < 4.78 is 0. The molecule has 7 heteroatoms. The molecule has 4 N–H and O–H groups in total. The third-order valence-corrected chi connectivity index (χ3v) is 5.89. The number of aromatic hydroxyl groups is 1. The molecule has 3 rings (SSSR count). The molecule has 0 heterocycles. The van der Waals surface area contributed by atoms with Crippen molar-refractivity contribution in [3.05, 3.63) is 125 Å². The highest BCUT2D eigenvalue weighted by atomic mass is 16.4. The second-order valence-electron chi connectivity index (χ2n) is 8.91. The van der Waals surface area contributed by atoms with Crippen molar-refractivity contribution < 1.29 is 15.0 Å². The molecule has 0 aromatic heterocycles. The number of benzene rings is 3. The van der Waals surface area contributed by atoms with Gasteiger partial charge in [0.15, 0.2) is 0 Å². The topological polar surface area (TPSA) is 106 Å². The summed E-state index contributed by atoms with van der Waals surface area (Å²) in [4.78, 5) is 19.5. The van der Waals surface area contributed by atoms with Crippen molar-refractivity contribution in [1.29, 1.82) is 0 Å². The molecule has 0 unspecified atom stereocenters. The Morgan fingerprint density at radius 3 is 1.50 bits per heavy atom. The number of nitrogens with zero attached hydrogens (tertiary/aromatic N) is 2. The van der Waals surface area contributed by atoms with Crippen molar-refractivity contribution in [3.63, 3.8) is 0 Å². The Hall–Kier alpha value is -4.65. The highest BCUT2D eigenvalue weighted by Crippen LogP contribution is 2.14. The molecule has 0 aliphatic heterocycles. The molecule has 0 saturated heterocycles. The molecule has 0 atom stereocenters. The molecule has 3 aromatic carbocycles. The lowest BCUT2D eigenvalue weighted by Gasteiger charge is -2.14. The van der Waals surface area contributed by atoms with Crippen LogP contribution >= 0.6 is 0 Å². The fraction of sp³-hybridized carbons (Fsp3) is 0.194. The van der Waals surface area contributed by atoms with Crippen LogP contribution in [0.1, 0.15) is 34.2 Å². The number of carboxylic acid groups (broad SMARTS) is 1. The van der Waals surface area contributed by atoms with Gasteiger partial charge in [-0.15, -0.1) is 0 Å². The molecule has 0 fully saturated rings. The zero-order valence-corrected chi connectivity index (χ0v) is 21.9. The first-order valence-corrected chi connectivity index (χ1v) is 12.3. The van der Waals surface area contributed by atoms with Gasteiger partial charge in [-0.05, 0) is 35.2 Å². The standard InChI is InChI=1S/C31H34N4O3/c1-21(34-30(32-3)26-12-5-23(6-13-26)11-18-29(37)38)19-24-7-14-27(15-8-24)31(33-4)35-22(2)20-25-9-16-28(36)17-10-25/h5-10,12-17,36H,1-2,11,18-20H2,3-4H3,(H,32,34)(H,33,35)(H,37,38). The van der Waals surface area contributed by atoms with Crippen molar-refractivity contribution >= 4 is 17.6 Å². The molecule has 0 spiro atoms. The predicted octanol–water partition coefficient (Wildman–Crippen LogP) is 4.85. The average molecular weight is 511 g/mol. The minimum absolute atomic E-state index is 0.109. The van der Waals surface area contributed by atoms with Crippen LogP contribution in [-0.2, 0) is 24.1 Å². The third-order valence-electron chi connectivity index (χ3n) is 5.89. The highest BCUT2D eigenvalue weighted by Gasteiger charge is 2.09. The first kappa shape index (κ1) is 27.9. The van der Waals surface area contributed by atoms with Gasteiger partial charge in [-0.25, -0.2) is 0 Å². The van der Waals surface area contributed by atoms with Crippen LogP contribution in [0.15, 0.2) is 107 Å². The van der Waals surface area contributed by atoms with Gasteiger partial charge in [-0.1, -0.05) is 73.8 Å².